The lowest BCUT2D eigenvalue weighted by Crippen LogP contribution is -2.44. The largest absolute Gasteiger partial charge is 0.410 e. The van der Waals surface area contributed by atoms with Crippen molar-refractivity contribution in [2.75, 3.05) is 10.6 Å². The monoisotopic (exact) mass is 394 g/mol. The van der Waals surface area contributed by atoms with Crippen LogP contribution in [-0.2, 0) is 6.42 Å². The van der Waals surface area contributed by atoms with Gasteiger partial charge in [0, 0.05) is 17.8 Å². The van der Waals surface area contributed by atoms with Crippen molar-refractivity contribution in [3.63, 3.8) is 0 Å². The van der Waals surface area contributed by atoms with Crippen molar-refractivity contribution in [1.82, 2.24) is 9.78 Å². The molecule has 0 bridgehead atoms. The molecule has 2 atom stereocenters. The minimum absolute atomic E-state index is 0.0501. The third kappa shape index (κ3) is 4.15. The van der Waals surface area contributed by atoms with Gasteiger partial charge in [-0.1, -0.05) is 39.8 Å². The molecule has 8 heteroatoms. The number of nitrogens with one attached hydrogen (secondary N) is 2. The molecule has 1 aliphatic rings. The first kappa shape index (κ1) is 20.2. The molecule has 1 aliphatic heterocycles. The Labute approximate surface area is 162 Å². The van der Waals surface area contributed by atoms with Crippen LogP contribution in [0.1, 0.15) is 56.2 Å². The van der Waals surface area contributed by atoms with Gasteiger partial charge in [-0.3, -0.25) is 4.79 Å². The third-order valence-corrected chi connectivity index (χ3v) is 5.09. The first-order valence-corrected chi connectivity index (χ1v) is 9.32. The van der Waals surface area contributed by atoms with Crippen molar-refractivity contribution >= 4 is 17.4 Å². The van der Waals surface area contributed by atoms with Crippen LogP contribution in [0.4, 0.5) is 24.7 Å². The summed E-state index contributed by atoms with van der Waals surface area (Å²) in [6, 6.07) is 6.54. The first-order chi connectivity index (χ1) is 13.0. The lowest BCUT2D eigenvalue weighted by atomic mass is 9.82. The Kier molecular flexibility index (Phi) is 5.16. The van der Waals surface area contributed by atoms with E-state index in [4.69, 9.17) is 0 Å². The highest BCUT2D eigenvalue weighted by atomic mass is 19.4. The first-order valence-electron chi connectivity index (χ1n) is 9.32. The second-order valence-electron chi connectivity index (χ2n) is 8.22. The molecule has 2 aromatic rings. The van der Waals surface area contributed by atoms with E-state index in [2.05, 4.69) is 15.7 Å². The van der Waals surface area contributed by atoms with Crippen LogP contribution < -0.4 is 10.6 Å². The quantitative estimate of drug-likeness (QED) is 0.768. The van der Waals surface area contributed by atoms with Gasteiger partial charge >= 0.3 is 6.18 Å². The van der Waals surface area contributed by atoms with Gasteiger partial charge in [-0.15, -0.1) is 0 Å². The van der Waals surface area contributed by atoms with Gasteiger partial charge in [-0.05, 0) is 36.0 Å². The number of carbonyl (C=O) groups is 1. The van der Waals surface area contributed by atoms with Crippen molar-refractivity contribution in [2.24, 2.45) is 5.41 Å². The zero-order valence-corrected chi connectivity index (χ0v) is 16.4. The highest BCUT2D eigenvalue weighted by Gasteiger charge is 2.48. The second kappa shape index (κ2) is 7.14. The minimum Gasteiger partial charge on any atom is -0.367 e. The van der Waals surface area contributed by atoms with Gasteiger partial charge in [-0.2, -0.15) is 18.3 Å². The van der Waals surface area contributed by atoms with Gasteiger partial charge in [0.1, 0.15) is 5.82 Å². The van der Waals surface area contributed by atoms with Crippen LogP contribution in [0.2, 0.25) is 0 Å². The number of anilines is 2. The van der Waals surface area contributed by atoms with E-state index in [0.717, 1.165) is 16.7 Å². The predicted molar refractivity (Wildman–Crippen MR) is 103 cm³/mol. The van der Waals surface area contributed by atoms with E-state index < -0.39 is 18.1 Å². The Hall–Kier alpha value is -2.51. The van der Waals surface area contributed by atoms with Crippen molar-refractivity contribution in [2.45, 2.75) is 58.8 Å². The van der Waals surface area contributed by atoms with Crippen LogP contribution in [0.3, 0.4) is 0 Å². The smallest absolute Gasteiger partial charge is 0.367 e. The fourth-order valence-corrected chi connectivity index (χ4v) is 3.27. The molecule has 1 aromatic heterocycles. The summed E-state index contributed by atoms with van der Waals surface area (Å²) in [4.78, 5) is 12.5. The standard InChI is InChI=1S/C20H25F3N4O/c1-5-12-6-8-13(9-7-12)24-18(28)14-10-17-25-15(19(2,3)4)11-16(20(21,22)23)27(17)26-14/h6-10,15-16,25H,5,11H2,1-4H3,(H,24,28)/t15-,16+/m0/s1. The molecule has 0 saturated heterocycles. The van der Waals surface area contributed by atoms with Gasteiger partial charge < -0.3 is 10.6 Å². The van der Waals surface area contributed by atoms with E-state index in [-0.39, 0.29) is 29.4 Å². The Balaban J connectivity index is 1.87. The summed E-state index contributed by atoms with van der Waals surface area (Å²) >= 11 is 0. The Bertz CT molecular complexity index is 850. The van der Waals surface area contributed by atoms with Crippen LogP contribution in [-0.4, -0.2) is 27.9 Å². The summed E-state index contributed by atoms with van der Waals surface area (Å²) in [5.74, 6) is -0.332. The van der Waals surface area contributed by atoms with E-state index in [1.54, 1.807) is 12.1 Å². The maximum Gasteiger partial charge on any atom is 0.410 e. The number of rotatable bonds is 3. The van der Waals surface area contributed by atoms with Crippen molar-refractivity contribution < 1.29 is 18.0 Å². The van der Waals surface area contributed by atoms with E-state index in [0.29, 0.717) is 5.69 Å². The van der Waals surface area contributed by atoms with Gasteiger partial charge in [0.25, 0.3) is 5.91 Å². The van der Waals surface area contributed by atoms with Gasteiger partial charge in [-0.25, -0.2) is 4.68 Å². The normalized spacial score (nSPS) is 19.7. The molecule has 0 unspecified atom stereocenters. The van der Waals surface area contributed by atoms with Gasteiger partial charge in [0.15, 0.2) is 11.7 Å². The molecule has 0 aliphatic carbocycles. The summed E-state index contributed by atoms with van der Waals surface area (Å²) in [7, 11) is 0. The lowest BCUT2D eigenvalue weighted by Gasteiger charge is -2.39. The van der Waals surface area contributed by atoms with Crippen LogP contribution in [0.25, 0.3) is 0 Å². The number of carbonyl (C=O) groups excluding carboxylic acids is 1. The van der Waals surface area contributed by atoms with Crippen molar-refractivity contribution in [3.05, 3.63) is 41.6 Å². The lowest BCUT2D eigenvalue weighted by molar-refractivity contribution is -0.175. The van der Waals surface area contributed by atoms with E-state index in [1.165, 1.54) is 6.07 Å². The summed E-state index contributed by atoms with van der Waals surface area (Å²) < 4.78 is 41.7. The zero-order chi connectivity index (χ0) is 20.7. The summed E-state index contributed by atoms with van der Waals surface area (Å²) in [5.41, 5.74) is 1.27. The molecule has 152 valence electrons. The van der Waals surface area contributed by atoms with Crippen LogP contribution in [0.15, 0.2) is 30.3 Å². The number of halogens is 3. The zero-order valence-electron chi connectivity index (χ0n) is 16.4. The number of aryl methyl sites for hydroxylation is 1. The maximum atomic E-state index is 13.6. The minimum atomic E-state index is -4.45. The molecule has 0 fully saturated rings. The van der Waals surface area contributed by atoms with Crippen molar-refractivity contribution in [1.29, 1.82) is 0 Å². The summed E-state index contributed by atoms with van der Waals surface area (Å²) in [6.07, 6.45) is -3.71. The average molecular weight is 394 g/mol. The Morgan fingerprint density at radius 3 is 2.43 bits per heavy atom. The molecule has 0 saturated carbocycles. The Morgan fingerprint density at radius 2 is 1.89 bits per heavy atom. The Morgan fingerprint density at radius 1 is 1.25 bits per heavy atom. The SMILES string of the molecule is CCc1ccc(NC(=O)c2cc3n(n2)[C@@H](C(F)(F)F)C[C@@H](C(C)(C)C)N3)cc1. The number of aromatic nitrogens is 2. The number of hydrogen-bond donors (Lipinski definition) is 2. The number of benzene rings is 1. The molecule has 28 heavy (non-hydrogen) atoms. The molecule has 3 rings (SSSR count). The molecular weight excluding hydrogens is 369 g/mol. The fraction of sp³-hybridized carbons (Fsp3) is 0.500. The number of alkyl halides is 3. The van der Waals surface area contributed by atoms with E-state index in [1.807, 2.05) is 39.8 Å². The fourth-order valence-electron chi connectivity index (χ4n) is 3.27. The maximum absolute atomic E-state index is 13.6. The van der Waals surface area contributed by atoms with Gasteiger partial charge in [0.05, 0.1) is 0 Å². The van der Waals surface area contributed by atoms with Crippen LogP contribution in [0.5, 0.6) is 0 Å². The number of nitrogens with zero attached hydrogens (tertiary/aromatic N) is 2. The molecule has 2 N–H and O–H groups in total. The highest BCUT2D eigenvalue weighted by Crippen LogP contribution is 2.43. The van der Waals surface area contributed by atoms with E-state index in [9.17, 15) is 18.0 Å². The van der Waals surface area contributed by atoms with Crippen molar-refractivity contribution in [3.8, 4) is 0 Å². The third-order valence-electron chi connectivity index (χ3n) is 5.09. The molecular formula is C20H25F3N4O. The number of hydrogen-bond acceptors (Lipinski definition) is 3. The predicted octanol–water partition coefficient (Wildman–Crippen LogP) is 5.03. The molecule has 5 nitrogen and oxygen atoms in total. The molecule has 2 heterocycles. The van der Waals surface area contributed by atoms with Crippen LogP contribution in [0, 0.1) is 5.41 Å². The molecule has 1 aromatic carbocycles. The molecule has 0 radical (unpaired) electrons. The number of fused-ring (bicyclic) bond motifs is 1. The summed E-state index contributed by atoms with van der Waals surface area (Å²) in [5, 5.41) is 9.77. The highest BCUT2D eigenvalue weighted by molar-refractivity contribution is 6.03. The average Bonchev–Trinajstić information content (AvgIpc) is 3.04. The molecule has 0 spiro atoms. The second-order valence-corrected chi connectivity index (χ2v) is 8.22. The van der Waals surface area contributed by atoms with Gasteiger partial charge in [0.2, 0.25) is 0 Å². The molecule has 1 amide bonds. The van der Waals surface area contributed by atoms with E-state index >= 15 is 0 Å². The topological polar surface area (TPSA) is 59.0 Å². The number of amides is 1. The summed E-state index contributed by atoms with van der Waals surface area (Å²) in [6.45, 7) is 7.69. The van der Waals surface area contributed by atoms with Crippen LogP contribution >= 0.6 is 0 Å².